The SMILES string of the molecule is O=CC1=CCC(Cl)(Cl)C=C1. The molecule has 0 spiro atoms. The molecule has 0 saturated heterocycles. The molecule has 1 nitrogen and oxygen atoms in total. The lowest BCUT2D eigenvalue weighted by Gasteiger charge is -2.15. The van der Waals surface area contributed by atoms with Crippen molar-refractivity contribution in [1.29, 1.82) is 0 Å². The zero-order valence-electron chi connectivity index (χ0n) is 5.18. The number of carbonyl (C=O) groups excluding carboxylic acids is 1. The number of carbonyl (C=O) groups is 1. The fourth-order valence-corrected chi connectivity index (χ4v) is 0.976. The predicted octanol–water partition coefficient (Wildman–Crippen LogP) is 2.25. The van der Waals surface area contributed by atoms with Crippen LogP contribution in [0.5, 0.6) is 0 Å². The Kier molecular flexibility index (Phi) is 2.17. The molecule has 0 N–H and O–H groups in total. The molecule has 3 heteroatoms. The van der Waals surface area contributed by atoms with Gasteiger partial charge in [-0.05, 0) is 6.08 Å². The number of hydrogen-bond acceptors (Lipinski definition) is 1. The number of rotatable bonds is 1. The minimum absolute atomic E-state index is 0.501. The van der Waals surface area contributed by atoms with Crippen LogP contribution in [0, 0.1) is 0 Å². The van der Waals surface area contributed by atoms with Crippen LogP contribution in [0.1, 0.15) is 6.42 Å². The van der Waals surface area contributed by atoms with E-state index >= 15 is 0 Å². The fourth-order valence-electron chi connectivity index (χ4n) is 0.696. The standard InChI is InChI=1S/C7H6Cl2O/c8-7(9)3-1-6(5-10)2-4-7/h1-3,5H,4H2. The maximum atomic E-state index is 10.2. The predicted molar refractivity (Wildman–Crippen MR) is 42.3 cm³/mol. The van der Waals surface area contributed by atoms with Crippen LogP contribution < -0.4 is 0 Å². The minimum Gasteiger partial charge on any atom is -0.298 e. The second kappa shape index (κ2) is 2.77. The van der Waals surface area contributed by atoms with E-state index in [4.69, 9.17) is 23.2 Å². The molecule has 0 aromatic rings. The molecule has 1 aliphatic rings. The highest BCUT2D eigenvalue weighted by Gasteiger charge is 2.20. The highest BCUT2D eigenvalue weighted by atomic mass is 35.5. The summed E-state index contributed by atoms with van der Waals surface area (Å²) in [6.45, 7) is 0. The summed E-state index contributed by atoms with van der Waals surface area (Å²) in [4.78, 5) is 10.2. The molecular weight excluding hydrogens is 171 g/mol. The Balaban J connectivity index is 2.72. The van der Waals surface area contributed by atoms with Gasteiger partial charge in [0.05, 0.1) is 0 Å². The van der Waals surface area contributed by atoms with Gasteiger partial charge in [0.1, 0.15) is 10.6 Å². The van der Waals surface area contributed by atoms with E-state index < -0.39 is 4.33 Å². The first-order valence-electron chi connectivity index (χ1n) is 2.86. The third-order valence-electron chi connectivity index (χ3n) is 1.27. The smallest absolute Gasteiger partial charge is 0.149 e. The van der Waals surface area contributed by atoms with Gasteiger partial charge < -0.3 is 0 Å². The summed E-state index contributed by atoms with van der Waals surface area (Å²) >= 11 is 11.4. The molecular formula is C7H6Cl2O. The van der Waals surface area contributed by atoms with Crippen LogP contribution >= 0.6 is 23.2 Å². The Bertz CT molecular complexity index is 204. The lowest BCUT2D eigenvalue weighted by molar-refractivity contribution is -0.104. The molecule has 0 fully saturated rings. The van der Waals surface area contributed by atoms with Gasteiger partial charge in [-0.1, -0.05) is 35.4 Å². The zero-order valence-corrected chi connectivity index (χ0v) is 6.69. The van der Waals surface area contributed by atoms with Gasteiger partial charge in [0.2, 0.25) is 0 Å². The maximum absolute atomic E-state index is 10.2. The molecule has 10 heavy (non-hydrogen) atoms. The summed E-state index contributed by atoms with van der Waals surface area (Å²) in [5.74, 6) is 0. The van der Waals surface area contributed by atoms with Crippen LogP contribution in [0.15, 0.2) is 23.8 Å². The van der Waals surface area contributed by atoms with Crippen molar-refractivity contribution in [2.45, 2.75) is 10.8 Å². The first-order chi connectivity index (χ1) is 4.64. The van der Waals surface area contributed by atoms with Crippen LogP contribution in [0.2, 0.25) is 0 Å². The molecule has 0 aliphatic heterocycles. The average molecular weight is 177 g/mol. The number of hydrogen-bond donors (Lipinski definition) is 0. The van der Waals surface area contributed by atoms with Gasteiger partial charge in [-0.25, -0.2) is 0 Å². The second-order valence-corrected chi connectivity index (χ2v) is 3.66. The fraction of sp³-hybridized carbons (Fsp3) is 0.286. The average Bonchev–Trinajstić information content (AvgIpc) is 1.88. The Morgan fingerprint density at radius 3 is 2.70 bits per heavy atom. The van der Waals surface area contributed by atoms with Crippen molar-refractivity contribution in [3.05, 3.63) is 23.8 Å². The first kappa shape index (κ1) is 7.83. The Morgan fingerprint density at radius 2 is 2.30 bits per heavy atom. The van der Waals surface area contributed by atoms with Crippen molar-refractivity contribution < 1.29 is 4.79 Å². The van der Waals surface area contributed by atoms with Crippen LogP contribution in [0.25, 0.3) is 0 Å². The monoisotopic (exact) mass is 176 g/mol. The largest absolute Gasteiger partial charge is 0.298 e. The Labute approximate surface area is 69.3 Å². The second-order valence-electron chi connectivity index (χ2n) is 2.12. The van der Waals surface area contributed by atoms with E-state index in [1.807, 2.05) is 0 Å². The highest BCUT2D eigenvalue weighted by Crippen LogP contribution is 2.31. The summed E-state index contributed by atoms with van der Waals surface area (Å²) in [6, 6.07) is 0. The van der Waals surface area contributed by atoms with Crippen molar-refractivity contribution >= 4 is 29.5 Å². The molecule has 0 radical (unpaired) electrons. The third kappa shape index (κ3) is 1.86. The third-order valence-corrected chi connectivity index (χ3v) is 1.83. The van der Waals surface area contributed by atoms with Crippen LogP contribution in [0.3, 0.4) is 0 Å². The molecule has 0 aromatic carbocycles. The van der Waals surface area contributed by atoms with E-state index in [0.717, 1.165) is 6.29 Å². The van der Waals surface area contributed by atoms with E-state index in [9.17, 15) is 4.79 Å². The van der Waals surface area contributed by atoms with Crippen LogP contribution in [-0.4, -0.2) is 10.6 Å². The molecule has 0 unspecified atom stereocenters. The van der Waals surface area contributed by atoms with Crippen molar-refractivity contribution in [2.24, 2.45) is 0 Å². The molecule has 0 atom stereocenters. The van der Waals surface area contributed by atoms with E-state index in [0.29, 0.717) is 12.0 Å². The van der Waals surface area contributed by atoms with Gasteiger partial charge in [0.25, 0.3) is 0 Å². The normalized spacial score (nSPS) is 22.0. The summed E-state index contributed by atoms with van der Waals surface area (Å²) in [6.07, 6.45) is 6.23. The van der Waals surface area contributed by atoms with E-state index in [-0.39, 0.29) is 0 Å². The molecule has 1 rings (SSSR count). The van der Waals surface area contributed by atoms with Gasteiger partial charge in [-0.15, -0.1) is 0 Å². The summed E-state index contributed by atoms with van der Waals surface area (Å²) in [5, 5.41) is 0. The highest BCUT2D eigenvalue weighted by molar-refractivity contribution is 6.50. The molecule has 54 valence electrons. The number of allylic oxidation sites excluding steroid dienone is 4. The van der Waals surface area contributed by atoms with E-state index in [2.05, 4.69) is 0 Å². The van der Waals surface area contributed by atoms with Crippen molar-refractivity contribution in [2.75, 3.05) is 0 Å². The van der Waals surface area contributed by atoms with E-state index in [1.54, 1.807) is 18.2 Å². The lowest BCUT2D eigenvalue weighted by Crippen LogP contribution is -2.10. The summed E-state index contributed by atoms with van der Waals surface area (Å²) in [5.41, 5.74) is 0.636. The van der Waals surface area contributed by atoms with Crippen molar-refractivity contribution in [3.8, 4) is 0 Å². The molecule has 0 amide bonds. The van der Waals surface area contributed by atoms with Crippen molar-refractivity contribution in [3.63, 3.8) is 0 Å². The maximum Gasteiger partial charge on any atom is 0.149 e. The number of halogens is 2. The summed E-state index contributed by atoms with van der Waals surface area (Å²) < 4.78 is -0.813. The number of aldehydes is 1. The minimum atomic E-state index is -0.813. The Morgan fingerprint density at radius 1 is 1.60 bits per heavy atom. The van der Waals surface area contributed by atoms with Crippen molar-refractivity contribution in [1.82, 2.24) is 0 Å². The van der Waals surface area contributed by atoms with Gasteiger partial charge in [-0.3, -0.25) is 4.79 Å². The van der Waals surface area contributed by atoms with Gasteiger partial charge in [0, 0.05) is 12.0 Å². The summed E-state index contributed by atoms with van der Waals surface area (Å²) in [7, 11) is 0. The quantitative estimate of drug-likeness (QED) is 0.443. The topological polar surface area (TPSA) is 17.1 Å². The molecule has 1 aliphatic carbocycles. The van der Waals surface area contributed by atoms with Crippen LogP contribution in [0.4, 0.5) is 0 Å². The van der Waals surface area contributed by atoms with Crippen LogP contribution in [-0.2, 0) is 4.79 Å². The Hall–Kier alpha value is -0.270. The molecule has 0 bridgehead atoms. The molecule has 0 saturated carbocycles. The zero-order chi connectivity index (χ0) is 7.61. The van der Waals surface area contributed by atoms with Gasteiger partial charge in [-0.2, -0.15) is 0 Å². The number of alkyl halides is 2. The molecule has 0 aromatic heterocycles. The molecule has 0 heterocycles. The van der Waals surface area contributed by atoms with Gasteiger partial charge in [0.15, 0.2) is 0 Å². The van der Waals surface area contributed by atoms with Gasteiger partial charge >= 0.3 is 0 Å². The lowest BCUT2D eigenvalue weighted by atomic mass is 10.1. The van der Waals surface area contributed by atoms with E-state index in [1.165, 1.54) is 0 Å². The first-order valence-corrected chi connectivity index (χ1v) is 3.62.